The van der Waals surface area contributed by atoms with E-state index in [0.717, 1.165) is 77.1 Å². The monoisotopic (exact) mass is 718 g/mol. The van der Waals surface area contributed by atoms with Crippen molar-refractivity contribution >= 4 is 139 Å². The van der Waals surface area contributed by atoms with Crippen LogP contribution in [0.2, 0.25) is 0 Å². The summed E-state index contributed by atoms with van der Waals surface area (Å²) in [5.41, 5.74) is 0.0304. The third-order valence-electron chi connectivity index (χ3n) is 7.58. The van der Waals surface area contributed by atoms with Gasteiger partial charge in [-0.3, -0.25) is 9.59 Å². The van der Waals surface area contributed by atoms with E-state index in [9.17, 15) is 9.59 Å². The number of fused-ring (bicyclic) bond motifs is 4. The van der Waals surface area contributed by atoms with E-state index in [1.165, 1.54) is 0 Å². The molecule has 0 saturated carbocycles. The van der Waals surface area contributed by atoms with Crippen LogP contribution >= 0.6 is 63.7 Å². The van der Waals surface area contributed by atoms with Gasteiger partial charge in [0.1, 0.15) is 0 Å². The van der Waals surface area contributed by atoms with Crippen molar-refractivity contribution in [2.24, 2.45) is 0 Å². The predicted molar refractivity (Wildman–Crippen MR) is 166 cm³/mol. The second-order valence-electron chi connectivity index (χ2n) is 9.22. The summed E-state index contributed by atoms with van der Waals surface area (Å²) in [7, 11) is 0. The van der Waals surface area contributed by atoms with Crippen molar-refractivity contribution in [2.75, 3.05) is 0 Å². The number of benzene rings is 8. The van der Waals surface area contributed by atoms with Crippen LogP contribution in [-0.4, -0.2) is 0 Å². The molecule has 0 amide bonds. The molecule has 8 aromatic carbocycles. The van der Waals surface area contributed by atoms with Crippen LogP contribution in [0.5, 0.6) is 0 Å². The molecule has 0 unspecified atom stereocenters. The Labute approximate surface area is 236 Å². The van der Waals surface area contributed by atoms with Crippen molar-refractivity contribution in [1.29, 1.82) is 0 Å². The first kappa shape index (κ1) is 21.7. The Morgan fingerprint density at radius 2 is 1.06 bits per heavy atom. The summed E-state index contributed by atoms with van der Waals surface area (Å²) in [6, 6.07) is 19.9. The molecular formula is C30H10Br4O2. The maximum atomic E-state index is 13.8. The third kappa shape index (κ3) is 2.42. The Bertz CT molecular complexity index is 2400. The minimum absolute atomic E-state index is 0.00908. The molecule has 0 fully saturated rings. The lowest BCUT2D eigenvalue weighted by atomic mass is 9.84. The van der Waals surface area contributed by atoms with Gasteiger partial charge >= 0.3 is 0 Å². The normalized spacial score (nSPS) is 12.7. The van der Waals surface area contributed by atoms with E-state index in [0.29, 0.717) is 16.2 Å². The molecule has 0 bridgehead atoms. The van der Waals surface area contributed by atoms with Crippen LogP contribution in [0.4, 0.5) is 0 Å². The van der Waals surface area contributed by atoms with Crippen molar-refractivity contribution in [1.82, 2.24) is 0 Å². The van der Waals surface area contributed by atoms with Crippen LogP contribution in [0.3, 0.4) is 0 Å². The first-order chi connectivity index (χ1) is 17.4. The Morgan fingerprint density at radius 1 is 0.417 bits per heavy atom. The zero-order chi connectivity index (χ0) is 24.6. The van der Waals surface area contributed by atoms with Crippen LogP contribution < -0.4 is 10.9 Å². The SMILES string of the molecule is O=c1c2ccccc2c2cc3ccc4c(=O)c5cc(Br)c(Br)c(Br)c5c5c(Br)c6ccc1c2c6c3c45. The summed E-state index contributed by atoms with van der Waals surface area (Å²) < 4.78 is 3.42. The smallest absolute Gasteiger partial charge is 0.194 e. The van der Waals surface area contributed by atoms with Gasteiger partial charge in [-0.2, -0.15) is 0 Å². The summed E-state index contributed by atoms with van der Waals surface area (Å²) in [4.78, 5) is 27.4. The van der Waals surface area contributed by atoms with Gasteiger partial charge in [-0.05, 0) is 120 Å². The lowest BCUT2D eigenvalue weighted by molar-refractivity contribution is 1.60. The fourth-order valence-electron chi connectivity index (χ4n) is 6.12. The summed E-state index contributed by atoms with van der Waals surface area (Å²) in [6.07, 6.45) is 0. The predicted octanol–water partition coefficient (Wildman–Crippen LogP) is 9.84. The lowest BCUT2D eigenvalue weighted by Crippen LogP contribution is -2.07. The molecule has 0 heterocycles. The fourth-order valence-corrected chi connectivity index (χ4v) is 8.47. The molecule has 0 atom stereocenters. The van der Waals surface area contributed by atoms with Crippen molar-refractivity contribution in [3.05, 3.63) is 99.0 Å². The van der Waals surface area contributed by atoms with Gasteiger partial charge in [-0.1, -0.05) is 36.4 Å². The molecule has 0 saturated heterocycles. The van der Waals surface area contributed by atoms with Gasteiger partial charge in [-0.25, -0.2) is 0 Å². The molecule has 0 aliphatic carbocycles. The molecule has 170 valence electrons. The molecule has 0 radical (unpaired) electrons. The second-order valence-corrected chi connectivity index (χ2v) is 12.5. The minimum Gasteiger partial charge on any atom is -0.289 e. The average Bonchev–Trinajstić information content (AvgIpc) is 2.89. The van der Waals surface area contributed by atoms with Gasteiger partial charge in [-0.15, -0.1) is 0 Å². The highest BCUT2D eigenvalue weighted by Gasteiger charge is 2.25. The Kier molecular flexibility index (Phi) is 4.30. The Morgan fingerprint density at radius 3 is 1.86 bits per heavy atom. The van der Waals surface area contributed by atoms with Crippen molar-refractivity contribution in [2.45, 2.75) is 0 Å². The first-order valence-corrected chi connectivity index (χ1v) is 14.4. The van der Waals surface area contributed by atoms with Gasteiger partial charge < -0.3 is 0 Å². The summed E-state index contributed by atoms with van der Waals surface area (Å²) in [6.45, 7) is 0. The van der Waals surface area contributed by atoms with Gasteiger partial charge in [0.15, 0.2) is 10.9 Å². The highest BCUT2D eigenvalue weighted by molar-refractivity contribution is 9.14. The fraction of sp³-hybridized carbons (Fsp3) is 0. The van der Waals surface area contributed by atoms with E-state index in [4.69, 9.17) is 0 Å². The highest BCUT2D eigenvalue weighted by atomic mass is 79.9. The lowest BCUT2D eigenvalue weighted by Gasteiger charge is -2.21. The van der Waals surface area contributed by atoms with Crippen LogP contribution in [0, 0.1) is 0 Å². The molecule has 8 rings (SSSR count). The molecule has 2 nitrogen and oxygen atoms in total. The minimum atomic E-state index is -0.00908. The molecule has 0 N–H and O–H groups in total. The largest absolute Gasteiger partial charge is 0.289 e. The molecule has 6 heteroatoms. The van der Waals surface area contributed by atoms with E-state index in [-0.39, 0.29) is 10.9 Å². The van der Waals surface area contributed by atoms with Crippen LogP contribution in [0.25, 0.3) is 75.4 Å². The molecule has 0 spiro atoms. The standard InChI is InChI=1S/C30H10Br4O2/c31-19-10-18-24(28(34)27(19)33)25-23-16(30(18)36)6-5-11-9-17-12-3-1-2-4-13(12)29(35)15-8-7-14(26(25)32)22(20(11)23)21(15)17/h1-10H. The average molecular weight is 722 g/mol. The van der Waals surface area contributed by atoms with E-state index in [2.05, 4.69) is 69.8 Å². The summed E-state index contributed by atoms with van der Waals surface area (Å²) >= 11 is 15.0. The van der Waals surface area contributed by atoms with Crippen molar-refractivity contribution in [3.63, 3.8) is 0 Å². The Hall–Kier alpha value is -2.38. The molecule has 0 aliphatic rings. The molecule has 0 aliphatic heterocycles. The Balaban J connectivity index is 1.81. The molecule has 0 aromatic heterocycles. The van der Waals surface area contributed by atoms with E-state index >= 15 is 0 Å². The van der Waals surface area contributed by atoms with Crippen LogP contribution in [-0.2, 0) is 0 Å². The van der Waals surface area contributed by atoms with Gasteiger partial charge in [0.25, 0.3) is 0 Å². The summed E-state index contributed by atoms with van der Waals surface area (Å²) in [5, 5.41) is 12.6. The highest BCUT2D eigenvalue weighted by Crippen LogP contribution is 2.50. The number of hydrogen-bond donors (Lipinski definition) is 0. The topological polar surface area (TPSA) is 34.1 Å². The van der Waals surface area contributed by atoms with Gasteiger partial charge in [0, 0.05) is 61.0 Å². The molecular weight excluding hydrogens is 712 g/mol. The van der Waals surface area contributed by atoms with Crippen LogP contribution in [0.15, 0.2) is 88.1 Å². The van der Waals surface area contributed by atoms with Crippen molar-refractivity contribution in [3.8, 4) is 0 Å². The maximum absolute atomic E-state index is 13.8. The quantitative estimate of drug-likeness (QED) is 0.0888. The first-order valence-electron chi connectivity index (χ1n) is 11.2. The zero-order valence-corrected chi connectivity index (χ0v) is 24.4. The molecule has 8 aromatic rings. The van der Waals surface area contributed by atoms with Crippen molar-refractivity contribution < 1.29 is 0 Å². The maximum Gasteiger partial charge on any atom is 0.194 e. The van der Waals surface area contributed by atoms with E-state index in [1.807, 2.05) is 54.6 Å². The number of rotatable bonds is 0. The van der Waals surface area contributed by atoms with E-state index in [1.54, 1.807) is 0 Å². The zero-order valence-electron chi connectivity index (χ0n) is 18.1. The number of halogens is 4. The second kappa shape index (κ2) is 7.13. The summed E-state index contributed by atoms with van der Waals surface area (Å²) in [5.74, 6) is 0. The van der Waals surface area contributed by atoms with Gasteiger partial charge in [0.05, 0.1) is 0 Å². The molecule has 36 heavy (non-hydrogen) atoms. The van der Waals surface area contributed by atoms with E-state index < -0.39 is 0 Å². The third-order valence-corrected chi connectivity index (χ3v) is 11.7. The number of hydrogen-bond acceptors (Lipinski definition) is 2. The van der Waals surface area contributed by atoms with Gasteiger partial charge in [0.2, 0.25) is 0 Å². The van der Waals surface area contributed by atoms with Crippen LogP contribution in [0.1, 0.15) is 0 Å².